The van der Waals surface area contributed by atoms with Crippen LogP contribution in [0.15, 0.2) is 30.6 Å². The molecular formula is C25H32Cl4N4O5. The van der Waals surface area contributed by atoms with Crippen LogP contribution < -0.4 is 19.5 Å². The molecule has 38 heavy (non-hydrogen) atoms. The molecule has 0 radical (unpaired) electrons. The lowest BCUT2D eigenvalue weighted by Crippen LogP contribution is -2.39. The number of anilines is 2. The highest BCUT2D eigenvalue weighted by atomic mass is 35.5. The molecule has 0 bridgehead atoms. The summed E-state index contributed by atoms with van der Waals surface area (Å²) in [6.07, 6.45) is 0.973. The van der Waals surface area contributed by atoms with Crippen LogP contribution in [0.25, 0.3) is 10.9 Å². The number of methoxy groups -OCH3 is 2. The first kappa shape index (κ1) is 33.6. The van der Waals surface area contributed by atoms with Crippen molar-refractivity contribution in [1.82, 2.24) is 14.9 Å². The summed E-state index contributed by atoms with van der Waals surface area (Å²) >= 11 is 12.5. The van der Waals surface area contributed by atoms with Gasteiger partial charge in [0.1, 0.15) is 30.6 Å². The zero-order valence-corrected chi connectivity index (χ0v) is 25.1. The first-order valence-corrected chi connectivity index (χ1v) is 12.0. The average Bonchev–Trinajstić information content (AvgIpc) is 2.83. The second kappa shape index (κ2) is 15.2. The number of esters is 1. The van der Waals surface area contributed by atoms with Gasteiger partial charge in [0.15, 0.2) is 11.5 Å². The van der Waals surface area contributed by atoms with Gasteiger partial charge in [-0.15, -0.1) is 24.8 Å². The van der Waals surface area contributed by atoms with Crippen LogP contribution in [0.4, 0.5) is 11.5 Å². The number of fused-ring (bicyclic) bond motifs is 1. The zero-order valence-electron chi connectivity index (χ0n) is 21.9. The Morgan fingerprint density at radius 1 is 1.00 bits per heavy atom. The normalized spacial score (nSPS) is 11.4. The van der Waals surface area contributed by atoms with Crippen LogP contribution in [0.5, 0.6) is 17.2 Å². The predicted octanol–water partition coefficient (Wildman–Crippen LogP) is 6.19. The van der Waals surface area contributed by atoms with Crippen LogP contribution in [-0.2, 0) is 9.53 Å². The van der Waals surface area contributed by atoms with Gasteiger partial charge in [0.25, 0.3) is 0 Å². The summed E-state index contributed by atoms with van der Waals surface area (Å²) in [5.41, 5.74) is 1.18. The maximum Gasteiger partial charge on any atom is 0.303 e. The molecule has 0 saturated heterocycles. The van der Waals surface area contributed by atoms with Crippen molar-refractivity contribution in [2.24, 2.45) is 0 Å². The molecule has 9 nitrogen and oxygen atoms in total. The van der Waals surface area contributed by atoms with Gasteiger partial charge in [-0.05, 0) is 33.0 Å². The van der Waals surface area contributed by atoms with Crippen molar-refractivity contribution in [3.8, 4) is 17.2 Å². The first-order valence-electron chi connectivity index (χ1n) is 11.3. The van der Waals surface area contributed by atoms with Crippen molar-refractivity contribution < 1.29 is 23.7 Å². The third-order valence-corrected chi connectivity index (χ3v) is 6.15. The van der Waals surface area contributed by atoms with Crippen molar-refractivity contribution in [3.63, 3.8) is 0 Å². The van der Waals surface area contributed by atoms with E-state index in [1.165, 1.54) is 20.4 Å². The fourth-order valence-electron chi connectivity index (χ4n) is 3.42. The molecule has 0 saturated carbocycles. The lowest BCUT2D eigenvalue weighted by molar-refractivity contribution is -0.148. The molecule has 13 heteroatoms. The Labute approximate surface area is 244 Å². The zero-order chi connectivity index (χ0) is 26.4. The summed E-state index contributed by atoms with van der Waals surface area (Å²) in [5.74, 6) is 1.55. The van der Waals surface area contributed by atoms with Gasteiger partial charge in [0.2, 0.25) is 0 Å². The summed E-state index contributed by atoms with van der Waals surface area (Å²) in [7, 11) is 5.03. The molecule has 0 aliphatic carbocycles. The van der Waals surface area contributed by atoms with Gasteiger partial charge in [0.05, 0.1) is 35.5 Å². The maximum absolute atomic E-state index is 11.6. The van der Waals surface area contributed by atoms with Gasteiger partial charge < -0.3 is 29.2 Å². The summed E-state index contributed by atoms with van der Waals surface area (Å²) < 4.78 is 22.4. The monoisotopic (exact) mass is 608 g/mol. The van der Waals surface area contributed by atoms with E-state index in [1.54, 1.807) is 31.4 Å². The van der Waals surface area contributed by atoms with Crippen LogP contribution in [0.3, 0.4) is 0 Å². The van der Waals surface area contributed by atoms with E-state index in [0.717, 1.165) is 0 Å². The van der Waals surface area contributed by atoms with Crippen LogP contribution in [0, 0.1) is 0 Å². The fraction of sp³-hybridized carbons (Fsp3) is 0.400. The van der Waals surface area contributed by atoms with E-state index in [4.69, 9.17) is 42.1 Å². The Kier molecular flexibility index (Phi) is 13.5. The molecule has 210 valence electrons. The maximum atomic E-state index is 11.6. The number of hydrogen-bond donors (Lipinski definition) is 1. The van der Waals surface area contributed by atoms with E-state index in [0.29, 0.717) is 56.2 Å². The Bertz CT molecular complexity index is 1230. The van der Waals surface area contributed by atoms with E-state index in [1.807, 2.05) is 7.05 Å². The number of ether oxygens (including phenoxy) is 4. The van der Waals surface area contributed by atoms with Gasteiger partial charge in [-0.3, -0.25) is 4.79 Å². The van der Waals surface area contributed by atoms with Gasteiger partial charge >= 0.3 is 5.97 Å². The van der Waals surface area contributed by atoms with Crippen molar-refractivity contribution in [3.05, 3.63) is 40.6 Å². The largest absolute Gasteiger partial charge is 0.495 e. The van der Waals surface area contributed by atoms with E-state index in [2.05, 4.69) is 34.0 Å². The second-order valence-electron chi connectivity index (χ2n) is 8.41. The molecule has 0 aliphatic heterocycles. The predicted molar refractivity (Wildman–Crippen MR) is 156 cm³/mol. The first-order chi connectivity index (χ1) is 17.1. The van der Waals surface area contributed by atoms with Gasteiger partial charge in [-0.2, -0.15) is 0 Å². The van der Waals surface area contributed by atoms with Gasteiger partial charge in [0, 0.05) is 37.0 Å². The van der Waals surface area contributed by atoms with Gasteiger partial charge in [-0.25, -0.2) is 9.97 Å². The van der Waals surface area contributed by atoms with E-state index in [9.17, 15) is 4.79 Å². The van der Waals surface area contributed by atoms with Crippen LogP contribution in [0.1, 0.15) is 20.8 Å². The molecule has 1 aromatic heterocycles. The Morgan fingerprint density at radius 2 is 1.68 bits per heavy atom. The molecule has 3 aromatic rings. The number of rotatable bonds is 11. The Morgan fingerprint density at radius 3 is 2.29 bits per heavy atom. The third-order valence-electron chi connectivity index (χ3n) is 5.55. The fourth-order valence-corrected chi connectivity index (χ4v) is 3.93. The number of halogens is 4. The van der Waals surface area contributed by atoms with E-state index in [-0.39, 0.29) is 43.4 Å². The summed E-state index contributed by atoms with van der Waals surface area (Å²) in [6.45, 7) is 6.18. The molecule has 2 aromatic carbocycles. The van der Waals surface area contributed by atoms with Crippen LogP contribution in [-0.4, -0.2) is 67.4 Å². The minimum atomic E-state index is -0.458. The molecule has 0 amide bonds. The van der Waals surface area contributed by atoms with Crippen molar-refractivity contribution >= 4 is 76.4 Å². The molecule has 1 atom stereocenters. The lowest BCUT2D eigenvalue weighted by Gasteiger charge is -2.26. The number of likely N-dealkylation sites (N-methyl/N-ethyl adjacent to an activating group) is 1. The summed E-state index contributed by atoms with van der Waals surface area (Å²) in [6, 6.07) is 7.10. The number of carbonyl (C=O) groups is 1. The number of hydrogen-bond acceptors (Lipinski definition) is 9. The average molecular weight is 610 g/mol. The topological polar surface area (TPSA) is 95.0 Å². The lowest BCUT2D eigenvalue weighted by atomic mass is 10.2. The van der Waals surface area contributed by atoms with Crippen LogP contribution in [0.2, 0.25) is 10.0 Å². The minimum absolute atomic E-state index is 0. The Balaban J connectivity index is 0.00000361. The highest BCUT2D eigenvalue weighted by Crippen LogP contribution is 2.38. The van der Waals surface area contributed by atoms with E-state index >= 15 is 0 Å². The van der Waals surface area contributed by atoms with Crippen molar-refractivity contribution in [2.45, 2.75) is 32.9 Å². The van der Waals surface area contributed by atoms with Crippen LogP contribution >= 0.6 is 48.0 Å². The molecule has 0 spiro atoms. The minimum Gasteiger partial charge on any atom is -0.495 e. The van der Waals surface area contributed by atoms with E-state index < -0.39 is 6.10 Å². The summed E-state index contributed by atoms with van der Waals surface area (Å²) in [5, 5.41) is 4.70. The number of nitrogens with zero attached hydrogens (tertiary/aromatic N) is 3. The summed E-state index contributed by atoms with van der Waals surface area (Å²) in [4.78, 5) is 22.4. The number of nitrogens with one attached hydrogen (secondary N) is 1. The Hall–Kier alpha value is -2.43. The van der Waals surface area contributed by atoms with Gasteiger partial charge in [-0.1, -0.05) is 23.2 Å². The molecule has 0 aliphatic rings. The third kappa shape index (κ3) is 8.54. The molecule has 3 rings (SSSR count). The SMILES string of the molecule is COc1cc(Nc2ncnc3cc(OCC(CN(C)C(C)C)OC(C)=O)c(OC)cc23)c(Cl)cc1Cl.Cl.Cl. The number of carbonyl (C=O) groups excluding carboxylic acids is 1. The highest BCUT2D eigenvalue weighted by molar-refractivity contribution is 6.37. The number of benzene rings is 2. The number of aromatic nitrogens is 2. The molecule has 1 N–H and O–H groups in total. The van der Waals surface area contributed by atoms with Crippen molar-refractivity contribution in [2.75, 3.05) is 39.7 Å². The highest BCUT2D eigenvalue weighted by Gasteiger charge is 2.20. The smallest absolute Gasteiger partial charge is 0.303 e. The molecule has 1 unspecified atom stereocenters. The molecule has 0 fully saturated rings. The standard InChI is InChI=1S/C25H30Cl2N4O5.2ClH/c1-14(2)31(4)11-16(36-15(3)32)12-35-24-9-20-17(7-23(24)34-6)25(29-13-28-20)30-21-10-22(33-5)19(27)8-18(21)26;;/h7-10,13-14,16H,11-12H2,1-6H3,(H,28,29,30);2*1H. The quantitative estimate of drug-likeness (QED) is 0.255. The second-order valence-corrected chi connectivity index (χ2v) is 9.22. The molecular weight excluding hydrogens is 578 g/mol. The van der Waals surface area contributed by atoms with Crippen molar-refractivity contribution in [1.29, 1.82) is 0 Å². The molecule has 1 heterocycles.